The fourth-order valence-electron chi connectivity index (χ4n) is 15.1. The Morgan fingerprint density at radius 2 is 0.624 bits per heavy atom. The van der Waals surface area contributed by atoms with E-state index in [2.05, 4.69) is 32.9 Å². The molecule has 22 nitrogen and oxygen atoms in total. The lowest BCUT2D eigenvalue weighted by atomic mass is 9.80. The average Bonchev–Trinajstić information content (AvgIpc) is 0.669. The third-order valence-corrected chi connectivity index (χ3v) is 21.4. The van der Waals surface area contributed by atoms with Gasteiger partial charge in [-0.25, -0.2) is 19.2 Å². The summed E-state index contributed by atoms with van der Waals surface area (Å²) in [5.74, 6) is -6.86. The average molecular weight is 1670 g/mol. The van der Waals surface area contributed by atoms with Crippen LogP contribution in [0.15, 0.2) is 303 Å². The summed E-state index contributed by atoms with van der Waals surface area (Å²) in [6.45, 7) is 29.6. The van der Waals surface area contributed by atoms with Crippen LogP contribution in [0.2, 0.25) is 0 Å². The first-order chi connectivity index (χ1) is 60.2. The van der Waals surface area contributed by atoms with Gasteiger partial charge < -0.3 is 37.9 Å². The lowest BCUT2D eigenvalue weighted by Crippen LogP contribution is -2.52. The molecule has 6 amide bonds. The van der Waals surface area contributed by atoms with Crippen molar-refractivity contribution < 1.29 is 85.8 Å². The van der Waals surface area contributed by atoms with Gasteiger partial charge in [-0.15, -0.1) is 0 Å². The van der Waals surface area contributed by atoms with Gasteiger partial charge in [0.15, 0.2) is 0 Å². The Balaban J connectivity index is 1.09. The Hall–Kier alpha value is -15.6. The summed E-state index contributed by atoms with van der Waals surface area (Å²) in [6.07, 6.45) is 5.97. The van der Waals surface area contributed by atoms with E-state index in [-0.39, 0.29) is 186 Å². The number of nitrogens with zero attached hydrogens (tertiary/aromatic N) is 4. The SMILES string of the molecule is C=C/C(=C\C=C(/C)Oc1cc2c3c(cc(Oc4ccc(CCOC(=O)C(=C)C)cc4)c4c5c(Oc6ccc(CCOC(=O)C(=C)C)cc6)cc6c7c(cc(Oc8ccc(CCOC(=O)C(=C)C)cc8)c(c1c34)c75)C(=O)N(C(C)C(=O)N(c1ccccc1)c1ccccc1)C6=O)C(=O)N(C(C)C(=O)N(c1ccccc1)c1ccccc1)C2=O)CCOC(=O)C(=C)C. The maximum atomic E-state index is 16.7. The molecule has 0 aliphatic carbocycles. The van der Waals surface area contributed by atoms with Crippen LogP contribution in [0, 0.1) is 0 Å². The predicted molar refractivity (Wildman–Crippen MR) is 479 cm³/mol. The first kappa shape index (κ1) is 85.8. The van der Waals surface area contributed by atoms with Crippen molar-refractivity contribution in [3.63, 3.8) is 0 Å². The highest BCUT2D eigenvalue weighted by Crippen LogP contribution is 2.58. The van der Waals surface area contributed by atoms with E-state index >= 15 is 28.8 Å². The van der Waals surface area contributed by atoms with Crippen molar-refractivity contribution in [1.82, 2.24) is 9.80 Å². The number of hydrogen-bond donors (Lipinski definition) is 0. The minimum absolute atomic E-state index is 0.00657. The fourth-order valence-corrected chi connectivity index (χ4v) is 15.1. The smallest absolute Gasteiger partial charge is 0.333 e. The van der Waals surface area contributed by atoms with Crippen LogP contribution in [0.1, 0.15) is 113 Å². The van der Waals surface area contributed by atoms with Crippen molar-refractivity contribution in [3.05, 3.63) is 342 Å². The molecular formula is C103H88N4O18. The summed E-state index contributed by atoms with van der Waals surface area (Å²) in [5, 5.41) is 0.800. The zero-order valence-corrected chi connectivity index (χ0v) is 70.0. The standard InChI is InChI=1S/C103H88N4O18/c1-13-67(48-52-118-100(114)60(2)3)35-34-64(10)122-82-56-78-86-79(97(111)104(96(78)110)65(11)94(108)106(71-26-18-14-19-27-71)72-28-20-15-21-29-72)58-84(124-76-44-38-69(39-45-76)50-54-120-102(116)62(6)7)90-91-85(125-77-46-40-70(41-47-77)51-55-121-103(117)63(8)9)59-81-87-80(98(112)105(99(81)113)66(12)95(109)107(73-30-22-16-23-31-73)74-32-24-17-25-33-74)57-83(89(93(87)91)88(82)92(86)90)123-75-42-36-68(37-43-75)49-53-119-101(115)61(4)5/h13-47,56-59,65-66H,1-2,4,6,8,48-55H2,3,5,7,9-12H3/b64-34+,67-35+. The molecule has 0 aromatic heterocycles. The number of carbonyl (C=O) groups is 10. The number of rotatable bonds is 34. The molecule has 628 valence electrons. The number of carbonyl (C=O) groups excluding carboxylic acids is 10. The van der Waals surface area contributed by atoms with E-state index in [4.69, 9.17) is 37.9 Å². The molecule has 12 aromatic carbocycles. The second-order valence-corrected chi connectivity index (χ2v) is 30.4. The van der Waals surface area contributed by atoms with Gasteiger partial charge in [0.2, 0.25) is 0 Å². The van der Waals surface area contributed by atoms with E-state index in [0.717, 1.165) is 26.5 Å². The van der Waals surface area contributed by atoms with E-state index in [1.165, 1.54) is 54.8 Å². The van der Waals surface area contributed by atoms with Gasteiger partial charge in [0.05, 0.1) is 48.7 Å². The fraction of sp³-hybridized carbons (Fsp3) is 0.165. The number of allylic oxidation sites excluding steroid dienone is 4. The molecule has 2 heterocycles. The zero-order valence-electron chi connectivity index (χ0n) is 70.0. The van der Waals surface area contributed by atoms with Crippen LogP contribution in [0.25, 0.3) is 43.1 Å². The predicted octanol–water partition coefficient (Wildman–Crippen LogP) is 20.7. The summed E-state index contributed by atoms with van der Waals surface area (Å²) in [4.78, 5) is 153. The van der Waals surface area contributed by atoms with Crippen LogP contribution in [-0.2, 0) is 67.0 Å². The van der Waals surface area contributed by atoms with Gasteiger partial charge in [-0.3, -0.25) is 48.4 Å². The van der Waals surface area contributed by atoms with E-state index in [9.17, 15) is 19.2 Å². The maximum Gasteiger partial charge on any atom is 0.333 e. The molecule has 125 heavy (non-hydrogen) atoms. The number of anilines is 4. The highest BCUT2D eigenvalue weighted by Gasteiger charge is 2.47. The molecule has 2 unspecified atom stereocenters. The summed E-state index contributed by atoms with van der Waals surface area (Å²) in [5.41, 5.74) is 4.87. The third kappa shape index (κ3) is 18.0. The molecule has 0 saturated carbocycles. The van der Waals surface area contributed by atoms with E-state index in [1.54, 1.807) is 240 Å². The number of hydrogen-bond acceptors (Lipinski definition) is 18. The largest absolute Gasteiger partial charge is 0.462 e. The van der Waals surface area contributed by atoms with E-state index in [1.807, 2.05) is 0 Å². The van der Waals surface area contributed by atoms with Gasteiger partial charge in [-0.2, -0.15) is 0 Å². The monoisotopic (exact) mass is 1670 g/mol. The Morgan fingerprint density at radius 3 is 0.904 bits per heavy atom. The van der Waals surface area contributed by atoms with Gasteiger partial charge >= 0.3 is 23.9 Å². The van der Waals surface area contributed by atoms with E-state index in [0.29, 0.717) is 28.3 Å². The first-order valence-electron chi connectivity index (χ1n) is 40.5. The lowest BCUT2D eigenvalue weighted by molar-refractivity contribution is -0.139. The second kappa shape index (κ2) is 37.2. The first-order valence-corrected chi connectivity index (χ1v) is 40.5. The highest BCUT2D eigenvalue weighted by atomic mass is 16.5. The van der Waals surface area contributed by atoms with Gasteiger partial charge in [-0.1, -0.05) is 154 Å². The topological polar surface area (TPSA) is 258 Å². The van der Waals surface area contributed by atoms with Crippen molar-refractivity contribution in [1.29, 1.82) is 0 Å². The molecule has 2 aliphatic rings. The zero-order chi connectivity index (χ0) is 88.6. The summed E-state index contributed by atoms with van der Waals surface area (Å²) in [6, 6.07) is 58.6. The number of fused-ring (bicyclic) bond motifs is 2. The molecule has 0 fully saturated rings. The molecule has 2 atom stereocenters. The molecule has 0 spiro atoms. The van der Waals surface area contributed by atoms with Crippen LogP contribution in [0.4, 0.5) is 22.7 Å². The van der Waals surface area contributed by atoms with Crippen molar-refractivity contribution >= 4 is 125 Å². The number of benzene rings is 12. The van der Waals surface area contributed by atoms with Crippen LogP contribution in [0.3, 0.4) is 0 Å². The Bertz CT molecular complexity index is 6360. The quantitative estimate of drug-likeness (QED) is 0.00530. The summed E-state index contributed by atoms with van der Waals surface area (Å²) < 4.78 is 51.2. The van der Waals surface area contributed by atoms with Crippen LogP contribution in [-0.4, -0.2) is 108 Å². The number of esters is 4. The van der Waals surface area contributed by atoms with E-state index < -0.39 is 71.4 Å². The van der Waals surface area contributed by atoms with Crippen molar-refractivity contribution in [3.8, 4) is 40.2 Å². The summed E-state index contributed by atoms with van der Waals surface area (Å²) in [7, 11) is 0. The molecular weight excluding hydrogens is 1580 g/mol. The highest BCUT2D eigenvalue weighted by molar-refractivity contribution is 6.45. The molecule has 12 aromatic rings. The van der Waals surface area contributed by atoms with Crippen molar-refractivity contribution in [2.75, 3.05) is 36.2 Å². The number of ether oxygens (including phenoxy) is 8. The molecule has 2 aliphatic heterocycles. The van der Waals surface area contributed by atoms with Crippen LogP contribution < -0.4 is 28.7 Å². The van der Waals surface area contributed by atoms with Crippen LogP contribution in [0.5, 0.6) is 40.2 Å². The number of para-hydroxylation sites is 4. The Morgan fingerprint density at radius 1 is 0.352 bits per heavy atom. The van der Waals surface area contributed by atoms with Gasteiger partial charge in [0.25, 0.3) is 35.4 Å². The van der Waals surface area contributed by atoms with Crippen molar-refractivity contribution in [2.24, 2.45) is 0 Å². The number of amides is 6. The maximum absolute atomic E-state index is 16.7. The minimum Gasteiger partial charge on any atom is -0.462 e. The number of imide groups is 2. The lowest BCUT2D eigenvalue weighted by Gasteiger charge is -2.36. The van der Waals surface area contributed by atoms with Crippen molar-refractivity contribution in [2.45, 2.75) is 86.2 Å². The normalized spacial score (nSPS) is 13.0. The third-order valence-electron chi connectivity index (χ3n) is 21.4. The Kier molecular flexibility index (Phi) is 25.5. The molecule has 0 saturated heterocycles. The van der Waals surface area contributed by atoms with Gasteiger partial charge in [0, 0.05) is 114 Å². The van der Waals surface area contributed by atoms with Gasteiger partial charge in [0.1, 0.15) is 58.1 Å². The minimum atomic E-state index is -1.56. The molecule has 22 heteroatoms. The summed E-state index contributed by atoms with van der Waals surface area (Å²) >= 11 is 0. The molecule has 0 bridgehead atoms. The molecule has 0 radical (unpaired) electrons. The molecule has 14 rings (SSSR count). The second-order valence-electron chi connectivity index (χ2n) is 30.4. The van der Waals surface area contributed by atoms with Crippen LogP contribution >= 0.6 is 0 Å². The van der Waals surface area contributed by atoms with Gasteiger partial charge in [-0.05, 0) is 186 Å². The molecule has 0 N–H and O–H groups in total. The Labute approximate surface area is 721 Å².